The van der Waals surface area contributed by atoms with Crippen molar-refractivity contribution in [1.82, 2.24) is 0 Å². The molecular formula is C15H14ClN. The molecule has 17 heavy (non-hydrogen) atoms. The van der Waals surface area contributed by atoms with E-state index >= 15 is 0 Å². The zero-order chi connectivity index (χ0) is 11.0. The normalized spacial score (nSPS) is 10.4. The lowest BCUT2D eigenvalue weighted by Crippen LogP contribution is -1.97. The SMILES string of the molecule is Cl.NCc1cc2ccccc2c2ccccc12. The highest BCUT2D eigenvalue weighted by Gasteiger charge is 2.03. The van der Waals surface area contributed by atoms with Gasteiger partial charge in [0.15, 0.2) is 0 Å². The van der Waals surface area contributed by atoms with E-state index in [9.17, 15) is 0 Å². The van der Waals surface area contributed by atoms with Gasteiger partial charge in [-0.25, -0.2) is 0 Å². The van der Waals surface area contributed by atoms with E-state index in [1.165, 1.54) is 27.1 Å². The van der Waals surface area contributed by atoms with Gasteiger partial charge < -0.3 is 5.73 Å². The Labute approximate surface area is 107 Å². The van der Waals surface area contributed by atoms with Gasteiger partial charge in [-0.2, -0.15) is 0 Å². The first kappa shape index (κ1) is 11.9. The van der Waals surface area contributed by atoms with Crippen molar-refractivity contribution in [2.45, 2.75) is 6.54 Å². The standard InChI is InChI=1S/C15H13N.ClH/c16-10-12-9-11-5-1-2-6-13(11)15-8-4-3-7-14(12)15;/h1-9H,10,16H2;1H. The molecule has 86 valence electrons. The highest BCUT2D eigenvalue weighted by atomic mass is 35.5. The second-order valence-electron chi connectivity index (χ2n) is 4.01. The summed E-state index contributed by atoms with van der Waals surface area (Å²) in [5.74, 6) is 0. The first-order valence-electron chi connectivity index (χ1n) is 5.49. The Kier molecular flexibility index (Phi) is 3.32. The molecular weight excluding hydrogens is 230 g/mol. The lowest BCUT2D eigenvalue weighted by molar-refractivity contribution is 1.09. The van der Waals surface area contributed by atoms with E-state index < -0.39 is 0 Å². The smallest absolute Gasteiger partial charge is 0.0184 e. The summed E-state index contributed by atoms with van der Waals surface area (Å²) in [4.78, 5) is 0. The Morgan fingerprint density at radius 3 is 2.06 bits per heavy atom. The van der Waals surface area contributed by atoms with Crippen LogP contribution in [0.25, 0.3) is 21.5 Å². The summed E-state index contributed by atoms with van der Waals surface area (Å²) in [6.07, 6.45) is 0. The molecule has 0 radical (unpaired) electrons. The van der Waals surface area contributed by atoms with E-state index in [2.05, 4.69) is 54.6 Å². The Morgan fingerprint density at radius 2 is 1.35 bits per heavy atom. The largest absolute Gasteiger partial charge is 0.326 e. The van der Waals surface area contributed by atoms with Crippen LogP contribution in [-0.4, -0.2) is 0 Å². The summed E-state index contributed by atoms with van der Waals surface area (Å²) < 4.78 is 0. The predicted molar refractivity (Wildman–Crippen MR) is 76.6 cm³/mol. The average Bonchev–Trinajstić information content (AvgIpc) is 2.38. The van der Waals surface area contributed by atoms with Crippen LogP contribution in [0.3, 0.4) is 0 Å². The molecule has 0 fully saturated rings. The number of rotatable bonds is 1. The zero-order valence-electron chi connectivity index (χ0n) is 9.39. The molecule has 0 aliphatic carbocycles. The highest BCUT2D eigenvalue weighted by Crippen LogP contribution is 2.28. The van der Waals surface area contributed by atoms with Gasteiger partial charge in [-0.3, -0.25) is 0 Å². The number of halogens is 1. The van der Waals surface area contributed by atoms with Crippen molar-refractivity contribution in [2.24, 2.45) is 5.73 Å². The second-order valence-corrected chi connectivity index (χ2v) is 4.01. The van der Waals surface area contributed by atoms with Gasteiger partial charge in [-0.05, 0) is 33.2 Å². The van der Waals surface area contributed by atoms with Gasteiger partial charge in [0.25, 0.3) is 0 Å². The topological polar surface area (TPSA) is 26.0 Å². The minimum Gasteiger partial charge on any atom is -0.326 e. The van der Waals surface area contributed by atoms with E-state index in [0.29, 0.717) is 6.54 Å². The summed E-state index contributed by atoms with van der Waals surface area (Å²) >= 11 is 0. The van der Waals surface area contributed by atoms with Crippen LogP contribution in [0, 0.1) is 0 Å². The van der Waals surface area contributed by atoms with Crippen molar-refractivity contribution < 1.29 is 0 Å². The van der Waals surface area contributed by atoms with Crippen molar-refractivity contribution in [2.75, 3.05) is 0 Å². The molecule has 0 saturated carbocycles. The van der Waals surface area contributed by atoms with Gasteiger partial charge in [0, 0.05) is 6.54 Å². The van der Waals surface area contributed by atoms with Crippen LogP contribution >= 0.6 is 12.4 Å². The molecule has 0 aliphatic rings. The van der Waals surface area contributed by atoms with Crippen LogP contribution in [0.4, 0.5) is 0 Å². The first-order valence-corrected chi connectivity index (χ1v) is 5.49. The molecule has 0 bridgehead atoms. The van der Waals surface area contributed by atoms with Crippen LogP contribution in [-0.2, 0) is 6.54 Å². The number of nitrogens with two attached hydrogens (primary N) is 1. The molecule has 0 spiro atoms. The molecule has 0 unspecified atom stereocenters. The molecule has 2 N–H and O–H groups in total. The summed E-state index contributed by atoms with van der Waals surface area (Å²) in [7, 11) is 0. The average molecular weight is 244 g/mol. The van der Waals surface area contributed by atoms with Crippen LogP contribution in [0.5, 0.6) is 0 Å². The molecule has 0 heterocycles. The van der Waals surface area contributed by atoms with Crippen molar-refractivity contribution in [3.8, 4) is 0 Å². The lowest BCUT2D eigenvalue weighted by Gasteiger charge is -2.08. The van der Waals surface area contributed by atoms with Crippen molar-refractivity contribution in [3.63, 3.8) is 0 Å². The maximum Gasteiger partial charge on any atom is 0.0184 e. The zero-order valence-corrected chi connectivity index (χ0v) is 10.2. The molecule has 0 amide bonds. The molecule has 0 aliphatic heterocycles. The van der Waals surface area contributed by atoms with Gasteiger partial charge in [0.05, 0.1) is 0 Å². The summed E-state index contributed by atoms with van der Waals surface area (Å²) in [5, 5.41) is 5.13. The number of benzene rings is 3. The van der Waals surface area contributed by atoms with Gasteiger partial charge in [0.2, 0.25) is 0 Å². The number of hydrogen-bond donors (Lipinski definition) is 1. The van der Waals surface area contributed by atoms with Gasteiger partial charge in [-0.15, -0.1) is 12.4 Å². The third kappa shape index (κ3) is 1.88. The van der Waals surface area contributed by atoms with E-state index in [1.807, 2.05) is 0 Å². The molecule has 0 saturated heterocycles. The van der Waals surface area contributed by atoms with Crippen molar-refractivity contribution in [1.29, 1.82) is 0 Å². The predicted octanol–water partition coefficient (Wildman–Crippen LogP) is 3.87. The maximum absolute atomic E-state index is 5.81. The van der Waals surface area contributed by atoms with Gasteiger partial charge in [-0.1, -0.05) is 48.5 Å². The Balaban J connectivity index is 0.00000108. The first-order chi connectivity index (χ1) is 7.90. The number of fused-ring (bicyclic) bond motifs is 3. The summed E-state index contributed by atoms with van der Waals surface area (Å²) in [6.45, 7) is 0.589. The fraction of sp³-hybridized carbons (Fsp3) is 0.0667. The van der Waals surface area contributed by atoms with E-state index in [4.69, 9.17) is 5.73 Å². The molecule has 0 aromatic heterocycles. The monoisotopic (exact) mass is 243 g/mol. The fourth-order valence-corrected chi connectivity index (χ4v) is 2.30. The van der Waals surface area contributed by atoms with Gasteiger partial charge >= 0.3 is 0 Å². The van der Waals surface area contributed by atoms with Crippen molar-refractivity contribution in [3.05, 3.63) is 60.2 Å². The molecule has 3 aromatic rings. The molecule has 0 atom stereocenters. The quantitative estimate of drug-likeness (QED) is 0.645. The van der Waals surface area contributed by atoms with Gasteiger partial charge in [0.1, 0.15) is 0 Å². The van der Waals surface area contributed by atoms with Crippen LogP contribution in [0.15, 0.2) is 54.6 Å². The van der Waals surface area contributed by atoms with Crippen LogP contribution < -0.4 is 5.73 Å². The maximum atomic E-state index is 5.81. The summed E-state index contributed by atoms with van der Waals surface area (Å²) in [5.41, 5.74) is 7.02. The Morgan fingerprint density at radius 1 is 0.765 bits per heavy atom. The molecule has 2 heteroatoms. The Bertz CT molecular complexity index is 661. The summed E-state index contributed by atoms with van der Waals surface area (Å²) in [6, 6.07) is 19.1. The Hall–Kier alpha value is -1.57. The second kappa shape index (κ2) is 4.74. The molecule has 3 aromatic carbocycles. The van der Waals surface area contributed by atoms with E-state index in [1.54, 1.807) is 0 Å². The van der Waals surface area contributed by atoms with Crippen LogP contribution in [0.2, 0.25) is 0 Å². The third-order valence-corrected chi connectivity index (χ3v) is 3.07. The lowest BCUT2D eigenvalue weighted by atomic mass is 9.97. The van der Waals surface area contributed by atoms with Crippen molar-refractivity contribution >= 4 is 34.0 Å². The minimum absolute atomic E-state index is 0. The fourth-order valence-electron chi connectivity index (χ4n) is 2.30. The van der Waals surface area contributed by atoms with Crippen LogP contribution in [0.1, 0.15) is 5.56 Å². The number of hydrogen-bond acceptors (Lipinski definition) is 1. The highest BCUT2D eigenvalue weighted by molar-refractivity contribution is 6.08. The van der Waals surface area contributed by atoms with E-state index in [-0.39, 0.29) is 12.4 Å². The molecule has 1 nitrogen and oxygen atoms in total. The third-order valence-electron chi connectivity index (χ3n) is 3.07. The molecule has 3 rings (SSSR count). The van der Waals surface area contributed by atoms with E-state index in [0.717, 1.165) is 0 Å². The minimum atomic E-state index is 0.